The molecule has 1 saturated heterocycles. The normalized spacial score (nSPS) is 18.3. The standard InChI is InChI=1S/C19H30N4O9/c1-9(2)15(23-16(28)10-4-3-7-20-10)18(30)22-12(8-14(26)27)17(29)21-11(19(31)32)5-6-13(24)25/h9-12,15,20H,3-8H2,1-2H3,(H,21,29)(H,22,30)(H,23,28)(H,24,25)(H,26,27)(H,31,32). The molecule has 0 radical (unpaired) electrons. The van der Waals surface area contributed by atoms with E-state index < -0.39 is 85.0 Å². The second-order valence-corrected chi connectivity index (χ2v) is 7.87. The molecule has 0 saturated carbocycles. The van der Waals surface area contributed by atoms with E-state index in [9.17, 15) is 33.9 Å². The fraction of sp³-hybridized carbons (Fsp3) is 0.684. The molecule has 0 aromatic heterocycles. The van der Waals surface area contributed by atoms with Crippen molar-refractivity contribution in [2.75, 3.05) is 6.54 Å². The molecular formula is C19H30N4O9. The van der Waals surface area contributed by atoms with E-state index in [1.165, 1.54) is 0 Å². The van der Waals surface area contributed by atoms with E-state index >= 15 is 0 Å². The number of nitrogens with one attached hydrogen (secondary N) is 4. The summed E-state index contributed by atoms with van der Waals surface area (Å²) in [6.45, 7) is 3.99. The predicted molar refractivity (Wildman–Crippen MR) is 108 cm³/mol. The van der Waals surface area contributed by atoms with Crippen molar-refractivity contribution >= 4 is 35.6 Å². The number of rotatable bonds is 13. The van der Waals surface area contributed by atoms with Crippen LogP contribution in [0.1, 0.15) is 46.0 Å². The third-order valence-electron chi connectivity index (χ3n) is 4.90. The highest BCUT2D eigenvalue weighted by Crippen LogP contribution is 2.09. The minimum Gasteiger partial charge on any atom is -0.481 e. The Balaban J connectivity index is 2.89. The van der Waals surface area contributed by atoms with E-state index in [0.717, 1.165) is 6.42 Å². The number of amides is 3. The molecule has 0 bridgehead atoms. The molecule has 3 amide bonds. The van der Waals surface area contributed by atoms with E-state index in [1.54, 1.807) is 13.8 Å². The molecule has 0 aliphatic carbocycles. The van der Waals surface area contributed by atoms with Gasteiger partial charge in [-0.15, -0.1) is 0 Å². The molecule has 13 heteroatoms. The van der Waals surface area contributed by atoms with Gasteiger partial charge in [0.25, 0.3) is 0 Å². The average molecular weight is 458 g/mol. The van der Waals surface area contributed by atoms with Gasteiger partial charge >= 0.3 is 17.9 Å². The van der Waals surface area contributed by atoms with Crippen molar-refractivity contribution in [3.63, 3.8) is 0 Å². The van der Waals surface area contributed by atoms with Crippen molar-refractivity contribution in [1.29, 1.82) is 0 Å². The number of carbonyl (C=O) groups excluding carboxylic acids is 3. The Morgan fingerprint density at radius 3 is 2.00 bits per heavy atom. The van der Waals surface area contributed by atoms with Crippen molar-refractivity contribution in [2.24, 2.45) is 5.92 Å². The molecule has 32 heavy (non-hydrogen) atoms. The fourth-order valence-electron chi connectivity index (χ4n) is 3.14. The number of aliphatic carboxylic acids is 3. The topological polar surface area (TPSA) is 211 Å². The first-order valence-corrected chi connectivity index (χ1v) is 10.2. The van der Waals surface area contributed by atoms with Crippen LogP contribution in [0.15, 0.2) is 0 Å². The van der Waals surface area contributed by atoms with Crippen molar-refractivity contribution in [3.05, 3.63) is 0 Å². The maximum Gasteiger partial charge on any atom is 0.326 e. The number of carboxylic acid groups (broad SMARTS) is 3. The van der Waals surface area contributed by atoms with Crippen LogP contribution in [0.3, 0.4) is 0 Å². The Labute approximate surface area is 184 Å². The predicted octanol–water partition coefficient (Wildman–Crippen LogP) is -1.73. The first-order chi connectivity index (χ1) is 14.9. The maximum absolute atomic E-state index is 12.8. The van der Waals surface area contributed by atoms with Gasteiger partial charge in [0, 0.05) is 6.42 Å². The molecule has 1 rings (SSSR count). The zero-order valence-electron chi connectivity index (χ0n) is 17.9. The summed E-state index contributed by atoms with van der Waals surface area (Å²) in [4.78, 5) is 70.8. The minimum atomic E-state index is -1.63. The number of hydrogen-bond donors (Lipinski definition) is 7. The molecule has 0 spiro atoms. The SMILES string of the molecule is CC(C)C(NC(=O)C1CCCN1)C(=O)NC(CC(=O)O)C(=O)NC(CCC(=O)O)C(=O)O. The number of carboxylic acids is 3. The first kappa shape index (κ1) is 26.8. The molecule has 180 valence electrons. The van der Waals surface area contributed by atoms with Gasteiger partial charge in [0.2, 0.25) is 17.7 Å². The van der Waals surface area contributed by atoms with Crippen LogP contribution in [0.2, 0.25) is 0 Å². The molecule has 0 aromatic rings. The molecule has 1 fully saturated rings. The molecule has 1 heterocycles. The summed E-state index contributed by atoms with van der Waals surface area (Å²) < 4.78 is 0. The highest BCUT2D eigenvalue weighted by molar-refractivity contribution is 5.95. The lowest BCUT2D eigenvalue weighted by Crippen LogP contribution is -2.58. The van der Waals surface area contributed by atoms with Crippen LogP contribution in [0, 0.1) is 5.92 Å². The monoisotopic (exact) mass is 458 g/mol. The molecule has 1 aliphatic rings. The van der Waals surface area contributed by atoms with Gasteiger partial charge in [0.05, 0.1) is 12.5 Å². The second-order valence-electron chi connectivity index (χ2n) is 7.87. The lowest BCUT2D eigenvalue weighted by atomic mass is 10.0. The highest BCUT2D eigenvalue weighted by atomic mass is 16.4. The van der Waals surface area contributed by atoms with Crippen LogP contribution < -0.4 is 21.3 Å². The van der Waals surface area contributed by atoms with Gasteiger partial charge in [0.15, 0.2) is 0 Å². The summed E-state index contributed by atoms with van der Waals surface area (Å²) in [5.41, 5.74) is 0. The maximum atomic E-state index is 12.8. The van der Waals surface area contributed by atoms with E-state index in [1.807, 2.05) is 0 Å². The summed E-state index contributed by atoms with van der Waals surface area (Å²) >= 11 is 0. The molecule has 7 N–H and O–H groups in total. The Morgan fingerprint density at radius 1 is 0.906 bits per heavy atom. The molecule has 4 unspecified atom stereocenters. The van der Waals surface area contributed by atoms with Gasteiger partial charge in [-0.2, -0.15) is 0 Å². The Kier molecular flexibility index (Phi) is 10.5. The van der Waals surface area contributed by atoms with Gasteiger partial charge in [-0.05, 0) is 31.7 Å². The molecule has 1 aliphatic heterocycles. The van der Waals surface area contributed by atoms with Crippen LogP contribution in [-0.2, 0) is 28.8 Å². The number of carbonyl (C=O) groups is 6. The van der Waals surface area contributed by atoms with Gasteiger partial charge in [-0.25, -0.2) is 4.79 Å². The smallest absolute Gasteiger partial charge is 0.326 e. The Morgan fingerprint density at radius 2 is 1.53 bits per heavy atom. The zero-order valence-corrected chi connectivity index (χ0v) is 17.9. The largest absolute Gasteiger partial charge is 0.481 e. The van der Waals surface area contributed by atoms with Gasteiger partial charge in [0.1, 0.15) is 18.1 Å². The van der Waals surface area contributed by atoms with Crippen molar-refractivity contribution < 1.29 is 44.1 Å². The minimum absolute atomic E-state index is 0.392. The van der Waals surface area contributed by atoms with E-state index in [2.05, 4.69) is 21.3 Å². The third-order valence-corrected chi connectivity index (χ3v) is 4.90. The lowest BCUT2D eigenvalue weighted by molar-refractivity contribution is -0.144. The molecule has 13 nitrogen and oxygen atoms in total. The number of hydrogen-bond acceptors (Lipinski definition) is 7. The summed E-state index contributed by atoms with van der Waals surface area (Å²) in [6, 6.07) is -4.72. The van der Waals surface area contributed by atoms with Crippen LogP contribution in [0.4, 0.5) is 0 Å². The molecule has 4 atom stereocenters. The summed E-state index contributed by atoms with van der Waals surface area (Å²) in [5.74, 6) is -6.88. The summed E-state index contributed by atoms with van der Waals surface area (Å²) in [6.07, 6.45) is -0.391. The van der Waals surface area contributed by atoms with Crippen LogP contribution in [0.5, 0.6) is 0 Å². The van der Waals surface area contributed by atoms with Crippen molar-refractivity contribution in [1.82, 2.24) is 21.3 Å². The van der Waals surface area contributed by atoms with E-state index in [4.69, 9.17) is 10.2 Å². The second kappa shape index (κ2) is 12.6. The third kappa shape index (κ3) is 8.88. The zero-order chi connectivity index (χ0) is 24.4. The van der Waals surface area contributed by atoms with Gasteiger partial charge in [-0.3, -0.25) is 24.0 Å². The van der Waals surface area contributed by atoms with E-state index in [0.29, 0.717) is 13.0 Å². The van der Waals surface area contributed by atoms with Crippen LogP contribution in [0.25, 0.3) is 0 Å². The summed E-state index contributed by atoms with van der Waals surface area (Å²) in [5, 5.41) is 36.9. The summed E-state index contributed by atoms with van der Waals surface area (Å²) in [7, 11) is 0. The van der Waals surface area contributed by atoms with Gasteiger partial charge < -0.3 is 36.6 Å². The quantitative estimate of drug-likeness (QED) is 0.166. The Hall–Kier alpha value is -3.22. The van der Waals surface area contributed by atoms with Crippen LogP contribution >= 0.6 is 0 Å². The van der Waals surface area contributed by atoms with Crippen LogP contribution in [-0.4, -0.2) is 81.7 Å². The Bertz CT molecular complexity index is 734. The van der Waals surface area contributed by atoms with Gasteiger partial charge in [-0.1, -0.05) is 13.8 Å². The lowest BCUT2D eigenvalue weighted by Gasteiger charge is -2.26. The highest BCUT2D eigenvalue weighted by Gasteiger charge is 2.33. The fourth-order valence-corrected chi connectivity index (χ4v) is 3.14. The van der Waals surface area contributed by atoms with Crippen molar-refractivity contribution in [3.8, 4) is 0 Å². The van der Waals surface area contributed by atoms with E-state index in [-0.39, 0.29) is 0 Å². The average Bonchev–Trinajstić information content (AvgIpc) is 3.22. The first-order valence-electron chi connectivity index (χ1n) is 10.2. The van der Waals surface area contributed by atoms with Crippen molar-refractivity contribution in [2.45, 2.75) is 70.1 Å². The molecular weight excluding hydrogens is 428 g/mol. The molecule has 0 aromatic carbocycles.